The minimum absolute atomic E-state index is 0.109. The number of fused-ring (bicyclic) bond motifs is 2. The van der Waals surface area contributed by atoms with Gasteiger partial charge in [0.1, 0.15) is 12.4 Å². The fourth-order valence-electron chi connectivity index (χ4n) is 3.29. The highest BCUT2D eigenvalue weighted by Crippen LogP contribution is 2.33. The fraction of sp³-hybridized carbons (Fsp3) is 0.211. The molecule has 2 aliphatic rings. The lowest BCUT2D eigenvalue weighted by Crippen LogP contribution is -2.32. The summed E-state index contributed by atoms with van der Waals surface area (Å²) in [7, 11) is -2.12. The number of carbonyl (C=O) groups excluding carboxylic acids is 1. The molecule has 0 fully saturated rings. The van der Waals surface area contributed by atoms with Crippen molar-refractivity contribution in [3.05, 3.63) is 59.2 Å². The third-order valence-corrected chi connectivity index (χ3v) is 6.09. The van der Waals surface area contributed by atoms with Gasteiger partial charge in [-0.15, -0.1) is 0 Å². The molecular formula is C19H18N2O4S. The molecule has 26 heavy (non-hydrogen) atoms. The number of hydrogen-bond acceptors (Lipinski definition) is 4. The minimum atomic E-state index is -3.50. The van der Waals surface area contributed by atoms with E-state index in [9.17, 15) is 13.2 Å². The van der Waals surface area contributed by atoms with Crippen LogP contribution in [0.2, 0.25) is 0 Å². The molecule has 0 saturated carbocycles. The molecule has 0 spiro atoms. The van der Waals surface area contributed by atoms with Gasteiger partial charge < -0.3 is 9.64 Å². The van der Waals surface area contributed by atoms with Crippen molar-refractivity contribution in [1.82, 2.24) is 4.72 Å². The molecule has 0 bridgehead atoms. The summed E-state index contributed by atoms with van der Waals surface area (Å²) in [6.07, 6.45) is 2.48. The van der Waals surface area contributed by atoms with Gasteiger partial charge in [0.2, 0.25) is 10.0 Å². The minimum Gasteiger partial charge on any atom is -0.488 e. The van der Waals surface area contributed by atoms with Crippen LogP contribution in [0.15, 0.2) is 52.9 Å². The molecule has 0 saturated heterocycles. The number of benzene rings is 2. The second-order valence-corrected chi connectivity index (χ2v) is 8.09. The molecule has 134 valence electrons. The van der Waals surface area contributed by atoms with Gasteiger partial charge >= 0.3 is 0 Å². The van der Waals surface area contributed by atoms with Crippen LogP contribution in [0.3, 0.4) is 0 Å². The molecule has 2 aliphatic heterocycles. The van der Waals surface area contributed by atoms with Crippen molar-refractivity contribution < 1.29 is 17.9 Å². The SMILES string of the molecule is CNS(=O)(=O)c1ccc2c(c1)CCN2C(=O)C1=Cc2ccccc2OC1. The average molecular weight is 370 g/mol. The Balaban J connectivity index is 1.64. The third-order valence-electron chi connectivity index (χ3n) is 4.68. The van der Waals surface area contributed by atoms with Gasteiger partial charge in [0, 0.05) is 17.8 Å². The second-order valence-electron chi connectivity index (χ2n) is 6.20. The number of nitrogens with one attached hydrogen (secondary N) is 1. The monoisotopic (exact) mass is 370 g/mol. The van der Waals surface area contributed by atoms with Crippen molar-refractivity contribution in [3.8, 4) is 5.75 Å². The topological polar surface area (TPSA) is 75.7 Å². The quantitative estimate of drug-likeness (QED) is 0.896. The van der Waals surface area contributed by atoms with Gasteiger partial charge in [-0.2, -0.15) is 0 Å². The molecule has 0 radical (unpaired) electrons. The molecule has 2 aromatic carbocycles. The number of rotatable bonds is 3. The first kappa shape index (κ1) is 16.8. The van der Waals surface area contributed by atoms with Gasteiger partial charge in [0.05, 0.1) is 10.5 Å². The van der Waals surface area contributed by atoms with Crippen LogP contribution in [0.25, 0.3) is 6.08 Å². The molecule has 0 unspecified atom stereocenters. The van der Waals surface area contributed by atoms with Gasteiger partial charge in [0.25, 0.3) is 5.91 Å². The normalized spacial score (nSPS) is 15.7. The van der Waals surface area contributed by atoms with Gasteiger partial charge in [-0.1, -0.05) is 18.2 Å². The molecule has 0 atom stereocenters. The molecule has 2 aromatic rings. The predicted octanol–water partition coefficient (Wildman–Crippen LogP) is 1.96. The zero-order valence-corrected chi connectivity index (χ0v) is 15.0. The molecule has 6 nitrogen and oxygen atoms in total. The summed E-state index contributed by atoms with van der Waals surface area (Å²) >= 11 is 0. The van der Waals surface area contributed by atoms with E-state index in [1.54, 1.807) is 17.0 Å². The lowest BCUT2D eigenvalue weighted by atomic mass is 10.1. The van der Waals surface area contributed by atoms with Crippen LogP contribution >= 0.6 is 0 Å². The van der Waals surface area contributed by atoms with Crippen LogP contribution in [0.5, 0.6) is 5.75 Å². The number of nitrogens with zero attached hydrogens (tertiary/aromatic N) is 1. The number of hydrogen-bond donors (Lipinski definition) is 1. The van der Waals surface area contributed by atoms with Crippen molar-refractivity contribution in [3.63, 3.8) is 0 Å². The largest absolute Gasteiger partial charge is 0.488 e. The Labute approximate surface area is 152 Å². The molecule has 7 heteroatoms. The first-order valence-electron chi connectivity index (χ1n) is 8.30. The summed E-state index contributed by atoms with van der Waals surface area (Å²) in [5.41, 5.74) is 3.08. The van der Waals surface area contributed by atoms with Gasteiger partial charge in [-0.3, -0.25) is 4.79 Å². The summed E-state index contributed by atoms with van der Waals surface area (Å²) in [5, 5.41) is 0. The highest BCUT2D eigenvalue weighted by atomic mass is 32.2. The van der Waals surface area contributed by atoms with E-state index in [1.165, 1.54) is 13.1 Å². The summed E-state index contributed by atoms with van der Waals surface area (Å²) in [6.45, 7) is 0.754. The summed E-state index contributed by atoms with van der Waals surface area (Å²) in [4.78, 5) is 14.9. The van der Waals surface area contributed by atoms with Crippen molar-refractivity contribution in [1.29, 1.82) is 0 Å². The lowest BCUT2D eigenvalue weighted by molar-refractivity contribution is -0.115. The van der Waals surface area contributed by atoms with Crippen LogP contribution in [0, 0.1) is 0 Å². The Kier molecular flexibility index (Phi) is 4.05. The maximum Gasteiger partial charge on any atom is 0.257 e. The van der Waals surface area contributed by atoms with Crippen LogP contribution in [-0.4, -0.2) is 34.5 Å². The maximum atomic E-state index is 13.0. The molecule has 2 heterocycles. The molecule has 4 rings (SSSR count). The number of ether oxygens (including phenoxy) is 1. The highest BCUT2D eigenvalue weighted by Gasteiger charge is 2.29. The highest BCUT2D eigenvalue weighted by molar-refractivity contribution is 7.89. The van der Waals surface area contributed by atoms with E-state index in [4.69, 9.17) is 4.74 Å². The number of sulfonamides is 1. The van der Waals surface area contributed by atoms with Crippen LogP contribution in [0.1, 0.15) is 11.1 Å². The Hall–Kier alpha value is -2.64. The van der Waals surface area contributed by atoms with Gasteiger partial charge in [-0.05, 0) is 49.4 Å². The molecular weight excluding hydrogens is 352 g/mol. The Bertz CT molecular complexity index is 1030. The number of carbonyl (C=O) groups is 1. The van der Waals surface area contributed by atoms with E-state index in [-0.39, 0.29) is 17.4 Å². The second kappa shape index (κ2) is 6.26. The third kappa shape index (κ3) is 2.79. The van der Waals surface area contributed by atoms with Crippen molar-refractivity contribution in [2.75, 3.05) is 25.1 Å². The van der Waals surface area contributed by atoms with Crippen LogP contribution in [0.4, 0.5) is 5.69 Å². The van der Waals surface area contributed by atoms with Gasteiger partial charge in [0.15, 0.2) is 0 Å². The van der Waals surface area contributed by atoms with E-state index in [1.807, 2.05) is 30.3 Å². The Morgan fingerprint density at radius 2 is 2.00 bits per heavy atom. The Morgan fingerprint density at radius 1 is 1.19 bits per heavy atom. The van der Waals surface area contributed by atoms with E-state index < -0.39 is 10.0 Å². The van der Waals surface area contributed by atoms with E-state index in [2.05, 4.69) is 4.72 Å². The number of amides is 1. The standard InChI is InChI=1S/C19H18N2O4S/c1-20-26(23,24)16-6-7-17-13(11-16)8-9-21(17)19(22)15-10-14-4-2-3-5-18(14)25-12-15/h2-7,10-11,20H,8-9,12H2,1H3. The smallest absolute Gasteiger partial charge is 0.257 e. The van der Waals surface area contributed by atoms with E-state index in [0.717, 1.165) is 22.6 Å². The van der Waals surface area contributed by atoms with Crippen molar-refractivity contribution >= 4 is 27.7 Å². The first-order chi connectivity index (χ1) is 12.5. The van der Waals surface area contributed by atoms with E-state index >= 15 is 0 Å². The molecule has 0 aromatic heterocycles. The number of para-hydroxylation sites is 1. The van der Waals surface area contributed by atoms with E-state index in [0.29, 0.717) is 18.5 Å². The number of anilines is 1. The average Bonchev–Trinajstić information content (AvgIpc) is 3.10. The van der Waals surface area contributed by atoms with Gasteiger partial charge in [-0.25, -0.2) is 13.1 Å². The first-order valence-corrected chi connectivity index (χ1v) is 9.78. The van der Waals surface area contributed by atoms with Crippen LogP contribution in [-0.2, 0) is 21.2 Å². The maximum absolute atomic E-state index is 13.0. The summed E-state index contributed by atoms with van der Waals surface area (Å²) in [5.74, 6) is 0.662. The van der Waals surface area contributed by atoms with Crippen LogP contribution < -0.4 is 14.4 Å². The lowest BCUT2D eigenvalue weighted by Gasteiger charge is -2.22. The summed E-state index contributed by atoms with van der Waals surface area (Å²) in [6, 6.07) is 12.4. The zero-order valence-electron chi connectivity index (χ0n) is 14.2. The zero-order chi connectivity index (χ0) is 18.3. The molecule has 0 aliphatic carbocycles. The van der Waals surface area contributed by atoms with Crippen molar-refractivity contribution in [2.24, 2.45) is 0 Å². The molecule has 1 N–H and O–H groups in total. The predicted molar refractivity (Wildman–Crippen MR) is 98.7 cm³/mol. The summed E-state index contributed by atoms with van der Waals surface area (Å²) < 4.78 is 31.9. The Morgan fingerprint density at radius 3 is 2.81 bits per heavy atom. The fourth-order valence-corrected chi connectivity index (χ4v) is 4.07. The van der Waals surface area contributed by atoms with Crippen molar-refractivity contribution in [2.45, 2.75) is 11.3 Å². The molecule has 1 amide bonds.